The van der Waals surface area contributed by atoms with Gasteiger partial charge in [-0.1, -0.05) is 6.07 Å². The second kappa shape index (κ2) is 12.5. The van der Waals surface area contributed by atoms with Gasteiger partial charge in [0.1, 0.15) is 11.5 Å². The van der Waals surface area contributed by atoms with Gasteiger partial charge in [0.15, 0.2) is 6.29 Å². The average Bonchev–Trinajstić information content (AvgIpc) is 2.72. The first-order valence-corrected chi connectivity index (χ1v) is 10.7. The van der Waals surface area contributed by atoms with Crippen LogP contribution in [-0.4, -0.2) is 32.2 Å². The van der Waals surface area contributed by atoms with Crippen LogP contribution in [0.15, 0.2) is 42.5 Å². The average molecular weight is 425 g/mol. The maximum Gasteiger partial charge on any atom is 0.494 e. The van der Waals surface area contributed by atoms with Crippen molar-refractivity contribution in [3.63, 3.8) is 0 Å². The van der Waals surface area contributed by atoms with E-state index >= 15 is 0 Å². The van der Waals surface area contributed by atoms with E-state index < -0.39 is 7.12 Å². The summed E-state index contributed by atoms with van der Waals surface area (Å²) in [6, 6.07) is 14.8. The molecule has 0 aliphatic heterocycles. The number of rotatable bonds is 12. The number of nitriles is 1. The largest absolute Gasteiger partial charge is 0.494 e. The number of benzene rings is 2. The predicted molar refractivity (Wildman–Crippen MR) is 121 cm³/mol. The van der Waals surface area contributed by atoms with Crippen molar-refractivity contribution in [1.82, 2.24) is 0 Å². The fourth-order valence-corrected chi connectivity index (χ4v) is 2.90. The maximum atomic E-state index is 8.97. The van der Waals surface area contributed by atoms with E-state index in [2.05, 4.69) is 6.07 Å². The molecule has 0 spiro atoms. The van der Waals surface area contributed by atoms with Gasteiger partial charge in [-0.3, -0.25) is 0 Å². The first-order chi connectivity index (χ1) is 14.8. The van der Waals surface area contributed by atoms with Gasteiger partial charge in [0.25, 0.3) is 0 Å². The molecular formula is C24H32BNO5. The summed E-state index contributed by atoms with van der Waals surface area (Å²) in [5, 5.41) is 8.97. The lowest BCUT2D eigenvalue weighted by Crippen LogP contribution is -2.42. The monoisotopic (exact) mass is 425 g/mol. The summed E-state index contributed by atoms with van der Waals surface area (Å²) < 4.78 is 29.5. The molecule has 0 aliphatic carbocycles. The molecule has 1 unspecified atom stereocenters. The molecule has 0 bridgehead atoms. The van der Waals surface area contributed by atoms with Crippen LogP contribution in [0.2, 0.25) is 0 Å². The Morgan fingerprint density at radius 2 is 1.48 bits per heavy atom. The van der Waals surface area contributed by atoms with E-state index in [0.29, 0.717) is 30.3 Å². The Labute approximate surface area is 186 Å². The Morgan fingerprint density at radius 1 is 0.871 bits per heavy atom. The molecule has 0 aromatic heterocycles. The Morgan fingerprint density at radius 3 is 2.03 bits per heavy atom. The third-order valence-electron chi connectivity index (χ3n) is 4.25. The highest BCUT2D eigenvalue weighted by Crippen LogP contribution is 2.23. The lowest BCUT2D eigenvalue weighted by molar-refractivity contribution is -0.134. The molecule has 0 N–H and O–H groups in total. The molecule has 0 radical (unpaired) electrons. The summed E-state index contributed by atoms with van der Waals surface area (Å²) >= 11 is 0. The molecule has 0 heterocycles. The third kappa shape index (κ3) is 8.35. The van der Waals surface area contributed by atoms with Crippen LogP contribution >= 0.6 is 0 Å². The van der Waals surface area contributed by atoms with Gasteiger partial charge in [-0.15, -0.1) is 0 Å². The summed E-state index contributed by atoms with van der Waals surface area (Å²) in [6.07, 6.45) is -0.347. The van der Waals surface area contributed by atoms with Crippen molar-refractivity contribution in [2.45, 2.75) is 66.6 Å². The van der Waals surface area contributed by atoms with E-state index in [1.165, 1.54) is 0 Å². The molecular weight excluding hydrogens is 393 g/mol. The van der Waals surface area contributed by atoms with Gasteiger partial charge < -0.3 is 23.5 Å². The fraction of sp³-hybridized carbons (Fsp3) is 0.458. The Balaban J connectivity index is 2.32. The molecule has 31 heavy (non-hydrogen) atoms. The zero-order valence-corrected chi connectivity index (χ0v) is 19.3. The van der Waals surface area contributed by atoms with Gasteiger partial charge in [0.05, 0.1) is 18.2 Å². The van der Waals surface area contributed by atoms with Crippen LogP contribution in [0.1, 0.15) is 52.7 Å². The summed E-state index contributed by atoms with van der Waals surface area (Å²) in [6.45, 7) is 12.6. The molecule has 2 rings (SSSR count). The Kier molecular flexibility index (Phi) is 10.0. The van der Waals surface area contributed by atoms with Crippen molar-refractivity contribution in [1.29, 1.82) is 5.26 Å². The van der Waals surface area contributed by atoms with Gasteiger partial charge >= 0.3 is 7.12 Å². The van der Waals surface area contributed by atoms with Gasteiger partial charge in [0.2, 0.25) is 0 Å². The van der Waals surface area contributed by atoms with Crippen molar-refractivity contribution in [2.24, 2.45) is 0 Å². The lowest BCUT2D eigenvalue weighted by Gasteiger charge is -2.23. The molecule has 1 atom stereocenters. The van der Waals surface area contributed by atoms with Crippen molar-refractivity contribution in [3.05, 3.63) is 53.6 Å². The highest BCUT2D eigenvalue weighted by molar-refractivity contribution is 6.62. The highest BCUT2D eigenvalue weighted by Gasteiger charge is 2.27. The minimum atomic E-state index is -0.523. The molecule has 0 fully saturated rings. The minimum Gasteiger partial charge on any atom is -0.457 e. The molecule has 2 aromatic rings. The van der Waals surface area contributed by atoms with E-state index in [0.717, 1.165) is 11.0 Å². The Hall–Kier alpha value is -2.37. The SMILES string of the molecule is CCOC(C)OCc1cc(Oc2ccc(C#N)cc2)ccc1B(OC(C)C)OC(C)C. The van der Waals surface area contributed by atoms with Crippen LogP contribution in [-0.2, 0) is 25.4 Å². The van der Waals surface area contributed by atoms with Gasteiger partial charge in [0, 0.05) is 18.8 Å². The molecule has 0 saturated heterocycles. The minimum absolute atomic E-state index is 0.00515. The van der Waals surface area contributed by atoms with E-state index in [1.807, 2.05) is 59.7 Å². The van der Waals surface area contributed by atoms with Crippen molar-refractivity contribution < 1.29 is 23.5 Å². The van der Waals surface area contributed by atoms with Crippen molar-refractivity contribution in [2.75, 3.05) is 6.61 Å². The maximum absolute atomic E-state index is 8.97. The van der Waals surface area contributed by atoms with E-state index in [1.54, 1.807) is 24.3 Å². The summed E-state index contributed by atoms with van der Waals surface area (Å²) in [7, 11) is -0.523. The normalized spacial score (nSPS) is 12.1. The summed E-state index contributed by atoms with van der Waals surface area (Å²) in [5.41, 5.74) is 2.36. The number of ether oxygens (including phenoxy) is 3. The zero-order valence-electron chi connectivity index (χ0n) is 19.3. The fourth-order valence-electron chi connectivity index (χ4n) is 2.90. The predicted octanol–water partition coefficient (Wildman–Crippen LogP) is 4.79. The quantitative estimate of drug-likeness (QED) is 0.360. The van der Waals surface area contributed by atoms with Gasteiger partial charge in [-0.05, 0) is 89.0 Å². The topological polar surface area (TPSA) is 69.9 Å². The summed E-state index contributed by atoms with van der Waals surface area (Å²) in [5.74, 6) is 1.30. The molecule has 166 valence electrons. The molecule has 2 aromatic carbocycles. The third-order valence-corrected chi connectivity index (χ3v) is 4.25. The van der Waals surface area contributed by atoms with Crippen LogP contribution in [0.5, 0.6) is 11.5 Å². The number of nitrogens with zero attached hydrogens (tertiary/aromatic N) is 1. The molecule has 0 amide bonds. The summed E-state index contributed by atoms with van der Waals surface area (Å²) in [4.78, 5) is 0. The van der Waals surface area contributed by atoms with E-state index in [9.17, 15) is 0 Å². The molecule has 0 aliphatic rings. The van der Waals surface area contributed by atoms with Crippen LogP contribution in [0.4, 0.5) is 0 Å². The molecule has 7 heteroatoms. The van der Waals surface area contributed by atoms with Gasteiger partial charge in [-0.25, -0.2) is 0 Å². The first-order valence-electron chi connectivity index (χ1n) is 10.7. The van der Waals surface area contributed by atoms with Crippen LogP contribution in [0.3, 0.4) is 0 Å². The second-order valence-corrected chi connectivity index (χ2v) is 7.63. The standard InChI is InChI=1S/C24H32BNO5/c1-7-27-19(6)28-16-21-14-23(29-22-10-8-20(15-26)9-11-22)12-13-24(21)25(30-17(2)3)31-18(4)5/h8-14,17-19H,7,16H2,1-6H3. The Bertz CT molecular complexity index is 838. The lowest BCUT2D eigenvalue weighted by atomic mass is 9.75. The van der Waals surface area contributed by atoms with E-state index in [4.69, 9.17) is 28.8 Å². The molecule has 6 nitrogen and oxygen atoms in total. The van der Waals surface area contributed by atoms with Crippen LogP contribution in [0.25, 0.3) is 0 Å². The number of hydrogen-bond acceptors (Lipinski definition) is 6. The highest BCUT2D eigenvalue weighted by atomic mass is 16.7. The van der Waals surface area contributed by atoms with E-state index in [-0.39, 0.29) is 18.5 Å². The van der Waals surface area contributed by atoms with Crippen molar-refractivity contribution >= 4 is 12.6 Å². The zero-order chi connectivity index (χ0) is 22.8. The van der Waals surface area contributed by atoms with Crippen molar-refractivity contribution in [3.8, 4) is 17.6 Å². The molecule has 0 saturated carbocycles. The number of hydrogen-bond donors (Lipinski definition) is 0. The van der Waals surface area contributed by atoms with Crippen LogP contribution in [0, 0.1) is 11.3 Å². The van der Waals surface area contributed by atoms with Crippen LogP contribution < -0.4 is 10.2 Å². The second-order valence-electron chi connectivity index (χ2n) is 7.63. The first kappa shape index (κ1) is 24.9. The van der Waals surface area contributed by atoms with Gasteiger partial charge in [-0.2, -0.15) is 5.26 Å². The smallest absolute Gasteiger partial charge is 0.457 e.